The van der Waals surface area contributed by atoms with E-state index in [0.717, 1.165) is 33.2 Å². The van der Waals surface area contributed by atoms with Gasteiger partial charge in [-0.15, -0.1) is 0 Å². The first-order valence-electron chi connectivity index (χ1n) is 14.7. The Morgan fingerprint density at radius 1 is 0.432 bits per heavy atom. The highest BCUT2D eigenvalue weighted by molar-refractivity contribution is 6.32. The highest BCUT2D eigenvalue weighted by Crippen LogP contribution is 2.41. The highest BCUT2D eigenvalue weighted by atomic mass is 35.5. The fraction of sp³-hybridized carbons (Fsp3) is 0. The quantitative estimate of drug-likeness (QED) is 0.194. The van der Waals surface area contributed by atoms with Gasteiger partial charge in [-0.1, -0.05) is 121 Å². The van der Waals surface area contributed by atoms with Crippen molar-refractivity contribution in [3.63, 3.8) is 0 Å². The molecule has 0 saturated carbocycles. The molecule has 1 heterocycles. The molecule has 9 aromatic rings. The van der Waals surface area contributed by atoms with E-state index in [1.54, 1.807) is 0 Å². The standard InChI is InChI=1S/C41H24ClNO/c42-29-23-38(37-22-28-10-2-4-12-31(28)33-14-6-8-16-35(33)37)40-39(24-29)44-41(43-40)26-19-17-25(18-20-26)36-21-27-9-1-3-11-30(27)32-13-5-7-15-34(32)36/h1-24H. The third-order valence-corrected chi connectivity index (χ3v) is 8.95. The van der Waals surface area contributed by atoms with Crippen molar-refractivity contribution < 1.29 is 4.42 Å². The molecule has 0 spiro atoms. The average molecular weight is 582 g/mol. The van der Waals surface area contributed by atoms with Crippen molar-refractivity contribution >= 4 is 65.8 Å². The minimum absolute atomic E-state index is 0.573. The van der Waals surface area contributed by atoms with E-state index < -0.39 is 0 Å². The fourth-order valence-corrected chi connectivity index (χ4v) is 6.90. The Bertz CT molecular complexity index is 2560. The zero-order valence-electron chi connectivity index (χ0n) is 23.6. The van der Waals surface area contributed by atoms with Gasteiger partial charge >= 0.3 is 0 Å². The average Bonchev–Trinajstić information content (AvgIpc) is 3.51. The van der Waals surface area contributed by atoms with Crippen molar-refractivity contribution in [1.82, 2.24) is 4.98 Å². The maximum absolute atomic E-state index is 6.69. The van der Waals surface area contributed by atoms with E-state index in [4.69, 9.17) is 21.0 Å². The smallest absolute Gasteiger partial charge is 0.227 e. The molecule has 0 atom stereocenters. The van der Waals surface area contributed by atoms with Crippen LogP contribution in [0.3, 0.4) is 0 Å². The zero-order valence-corrected chi connectivity index (χ0v) is 24.3. The lowest BCUT2D eigenvalue weighted by Crippen LogP contribution is -1.87. The van der Waals surface area contributed by atoms with Gasteiger partial charge in [0.05, 0.1) is 0 Å². The first-order valence-corrected chi connectivity index (χ1v) is 15.1. The zero-order chi connectivity index (χ0) is 29.2. The van der Waals surface area contributed by atoms with Gasteiger partial charge in [0.2, 0.25) is 5.89 Å². The van der Waals surface area contributed by atoms with Gasteiger partial charge in [-0.25, -0.2) is 4.98 Å². The number of benzene rings is 8. The van der Waals surface area contributed by atoms with Crippen molar-refractivity contribution in [2.75, 3.05) is 0 Å². The SMILES string of the molecule is Clc1cc(-c2cc3ccccc3c3ccccc23)c2nc(-c3ccc(-c4cc5ccccc5c5ccccc45)cc3)oc2c1. The van der Waals surface area contributed by atoms with Crippen molar-refractivity contribution in [3.05, 3.63) is 151 Å². The monoisotopic (exact) mass is 581 g/mol. The number of hydrogen-bond acceptors (Lipinski definition) is 2. The molecule has 8 aromatic carbocycles. The lowest BCUT2D eigenvalue weighted by atomic mass is 9.93. The third-order valence-electron chi connectivity index (χ3n) is 8.73. The topological polar surface area (TPSA) is 26.0 Å². The van der Waals surface area contributed by atoms with Gasteiger partial charge in [0.25, 0.3) is 0 Å². The molecule has 206 valence electrons. The Hall–Kier alpha value is -5.44. The number of nitrogens with zero attached hydrogens (tertiary/aromatic N) is 1. The molecule has 0 bridgehead atoms. The van der Waals surface area contributed by atoms with Gasteiger partial charge in [0.1, 0.15) is 5.52 Å². The molecule has 0 saturated heterocycles. The summed E-state index contributed by atoms with van der Waals surface area (Å²) in [5.74, 6) is 0.573. The summed E-state index contributed by atoms with van der Waals surface area (Å²) >= 11 is 6.69. The summed E-state index contributed by atoms with van der Waals surface area (Å²) in [4.78, 5) is 5.06. The van der Waals surface area contributed by atoms with E-state index in [1.165, 1.54) is 43.3 Å². The van der Waals surface area contributed by atoms with E-state index >= 15 is 0 Å². The Kier molecular flexibility index (Phi) is 5.59. The molecule has 0 amide bonds. The Morgan fingerprint density at radius 2 is 0.932 bits per heavy atom. The molecule has 1 aromatic heterocycles. The first-order chi connectivity index (χ1) is 21.7. The van der Waals surface area contributed by atoms with Crippen molar-refractivity contribution in [1.29, 1.82) is 0 Å². The van der Waals surface area contributed by atoms with Gasteiger partial charge in [-0.3, -0.25) is 0 Å². The molecule has 0 radical (unpaired) electrons. The number of oxazole rings is 1. The van der Waals surface area contributed by atoms with Gasteiger partial charge < -0.3 is 4.42 Å². The summed E-state index contributed by atoms with van der Waals surface area (Å²) < 4.78 is 6.37. The van der Waals surface area contributed by atoms with Crippen molar-refractivity contribution in [2.24, 2.45) is 0 Å². The number of fused-ring (bicyclic) bond motifs is 7. The molecule has 0 unspecified atom stereocenters. The van der Waals surface area contributed by atoms with Crippen LogP contribution < -0.4 is 0 Å². The van der Waals surface area contributed by atoms with Crippen LogP contribution in [0.4, 0.5) is 0 Å². The van der Waals surface area contributed by atoms with E-state index in [0.29, 0.717) is 16.5 Å². The fourth-order valence-electron chi connectivity index (χ4n) is 6.69. The molecular weight excluding hydrogens is 558 g/mol. The molecule has 0 fully saturated rings. The van der Waals surface area contributed by atoms with Crippen LogP contribution in [0.25, 0.3) is 87.9 Å². The van der Waals surface area contributed by atoms with Gasteiger partial charge in [0, 0.05) is 22.2 Å². The minimum Gasteiger partial charge on any atom is -0.436 e. The first kappa shape index (κ1) is 25.1. The molecular formula is C41H24ClNO. The summed E-state index contributed by atoms with van der Waals surface area (Å²) in [7, 11) is 0. The Morgan fingerprint density at radius 3 is 1.57 bits per heavy atom. The van der Waals surface area contributed by atoms with Crippen molar-refractivity contribution in [3.8, 4) is 33.7 Å². The van der Waals surface area contributed by atoms with Gasteiger partial charge in [-0.2, -0.15) is 0 Å². The van der Waals surface area contributed by atoms with Crippen LogP contribution in [-0.2, 0) is 0 Å². The lowest BCUT2D eigenvalue weighted by Gasteiger charge is -2.11. The predicted octanol–water partition coefficient (Wildman–Crippen LogP) is 12.1. The van der Waals surface area contributed by atoms with Crippen molar-refractivity contribution in [2.45, 2.75) is 0 Å². The van der Waals surface area contributed by atoms with Crippen LogP contribution in [-0.4, -0.2) is 4.98 Å². The van der Waals surface area contributed by atoms with E-state index in [-0.39, 0.29) is 0 Å². The maximum Gasteiger partial charge on any atom is 0.227 e. The summed E-state index contributed by atoms with van der Waals surface area (Å²) in [6.45, 7) is 0. The van der Waals surface area contributed by atoms with Crippen LogP contribution in [0.15, 0.2) is 150 Å². The summed E-state index contributed by atoms with van der Waals surface area (Å²) in [6.07, 6.45) is 0. The molecule has 0 N–H and O–H groups in total. The largest absolute Gasteiger partial charge is 0.436 e. The molecule has 3 heteroatoms. The maximum atomic E-state index is 6.69. The molecule has 0 aliphatic heterocycles. The van der Waals surface area contributed by atoms with E-state index in [2.05, 4.69) is 133 Å². The number of rotatable bonds is 3. The van der Waals surface area contributed by atoms with E-state index in [9.17, 15) is 0 Å². The second-order valence-electron chi connectivity index (χ2n) is 11.3. The van der Waals surface area contributed by atoms with Crippen LogP contribution >= 0.6 is 11.6 Å². The van der Waals surface area contributed by atoms with Gasteiger partial charge in [-0.05, 0) is 90.1 Å². The summed E-state index contributed by atoms with van der Waals surface area (Å²) in [6, 6.07) is 51.1. The number of aromatic nitrogens is 1. The molecule has 9 rings (SSSR count). The second kappa shape index (κ2) is 9.80. The molecule has 44 heavy (non-hydrogen) atoms. The molecule has 0 aliphatic carbocycles. The lowest BCUT2D eigenvalue weighted by molar-refractivity contribution is 0.620. The predicted molar refractivity (Wildman–Crippen MR) is 185 cm³/mol. The molecule has 2 nitrogen and oxygen atoms in total. The normalized spacial score (nSPS) is 11.8. The van der Waals surface area contributed by atoms with Crippen LogP contribution in [0, 0.1) is 0 Å². The Labute approximate surface area is 258 Å². The minimum atomic E-state index is 0.573. The molecule has 0 aliphatic rings. The third kappa shape index (κ3) is 3.92. The van der Waals surface area contributed by atoms with Crippen LogP contribution in [0.2, 0.25) is 5.02 Å². The van der Waals surface area contributed by atoms with Crippen LogP contribution in [0.1, 0.15) is 0 Å². The number of hydrogen-bond donors (Lipinski definition) is 0. The van der Waals surface area contributed by atoms with Gasteiger partial charge in [0.15, 0.2) is 5.58 Å². The van der Waals surface area contributed by atoms with Crippen LogP contribution in [0.5, 0.6) is 0 Å². The number of halogens is 1. The van der Waals surface area contributed by atoms with E-state index in [1.807, 2.05) is 12.1 Å². The Balaban J connectivity index is 1.19. The highest BCUT2D eigenvalue weighted by Gasteiger charge is 2.18. The second-order valence-corrected chi connectivity index (χ2v) is 11.7. The summed E-state index contributed by atoms with van der Waals surface area (Å²) in [5.41, 5.74) is 6.80. The summed E-state index contributed by atoms with van der Waals surface area (Å²) in [5, 5.41) is 10.4.